The Morgan fingerprint density at radius 1 is 1.22 bits per heavy atom. The van der Waals surface area contributed by atoms with Crippen LogP contribution in [-0.4, -0.2) is 49.6 Å². The fourth-order valence-corrected chi connectivity index (χ4v) is 2.55. The summed E-state index contributed by atoms with van der Waals surface area (Å²) in [6, 6.07) is 0.0757. The summed E-state index contributed by atoms with van der Waals surface area (Å²) >= 11 is 0. The van der Waals surface area contributed by atoms with Crippen molar-refractivity contribution in [2.24, 2.45) is 0 Å². The van der Waals surface area contributed by atoms with Crippen molar-refractivity contribution in [3.05, 3.63) is 0 Å². The summed E-state index contributed by atoms with van der Waals surface area (Å²) in [5.74, 6) is 0.193. The van der Waals surface area contributed by atoms with Gasteiger partial charge in [0.05, 0.1) is 6.04 Å². The third-order valence-electron chi connectivity index (χ3n) is 3.53. The third kappa shape index (κ3) is 5.74. The number of nitrogens with zero attached hydrogens (tertiary/aromatic N) is 1. The van der Waals surface area contributed by atoms with Crippen molar-refractivity contribution in [1.29, 1.82) is 0 Å². The van der Waals surface area contributed by atoms with Crippen LogP contribution in [0.3, 0.4) is 0 Å². The molecule has 2 fully saturated rings. The smallest absolute Gasteiger partial charge is 0.237 e. The molecule has 0 saturated carbocycles. The third-order valence-corrected chi connectivity index (χ3v) is 3.53. The van der Waals surface area contributed by atoms with Gasteiger partial charge >= 0.3 is 0 Å². The summed E-state index contributed by atoms with van der Waals surface area (Å²) in [6.07, 6.45) is 5.90. The molecule has 2 saturated heterocycles. The van der Waals surface area contributed by atoms with E-state index in [1.165, 1.54) is 25.9 Å². The molecule has 2 rings (SSSR count). The lowest BCUT2D eigenvalue weighted by molar-refractivity contribution is -0.122. The minimum absolute atomic E-state index is 0. The van der Waals surface area contributed by atoms with E-state index in [9.17, 15) is 4.79 Å². The van der Waals surface area contributed by atoms with Crippen molar-refractivity contribution >= 4 is 30.7 Å². The number of likely N-dealkylation sites (tertiary alicyclic amines) is 1. The van der Waals surface area contributed by atoms with E-state index < -0.39 is 0 Å². The molecule has 4 nitrogen and oxygen atoms in total. The quantitative estimate of drug-likeness (QED) is 0.749. The highest BCUT2D eigenvalue weighted by Crippen LogP contribution is 2.07. The van der Waals surface area contributed by atoms with Crippen LogP contribution < -0.4 is 10.6 Å². The molecule has 0 radical (unpaired) electrons. The van der Waals surface area contributed by atoms with Gasteiger partial charge in [0.25, 0.3) is 0 Å². The van der Waals surface area contributed by atoms with E-state index in [1.807, 2.05) is 0 Å². The molecule has 2 heterocycles. The fraction of sp³-hybridized carbons (Fsp3) is 0.917. The Kier molecular flexibility index (Phi) is 9.83. The molecular formula is C12H25Cl2N3O. The molecule has 2 N–H and O–H groups in total. The maximum Gasteiger partial charge on any atom is 0.237 e. The van der Waals surface area contributed by atoms with Gasteiger partial charge in [0.2, 0.25) is 5.91 Å². The monoisotopic (exact) mass is 297 g/mol. The molecule has 18 heavy (non-hydrogen) atoms. The minimum atomic E-state index is 0. The second-order valence-electron chi connectivity index (χ2n) is 4.84. The Labute approximate surface area is 122 Å². The molecule has 1 unspecified atom stereocenters. The lowest BCUT2D eigenvalue weighted by atomic mass is 10.2. The SMILES string of the molecule is Cl.Cl.O=C(NCCCN1CCCC1)C1CCCN1. The number of nitrogens with one attached hydrogen (secondary N) is 2. The molecule has 6 heteroatoms. The summed E-state index contributed by atoms with van der Waals surface area (Å²) in [5.41, 5.74) is 0. The number of hydrogen-bond donors (Lipinski definition) is 2. The zero-order chi connectivity index (χ0) is 11.2. The van der Waals surface area contributed by atoms with Gasteiger partial charge < -0.3 is 15.5 Å². The Morgan fingerprint density at radius 3 is 2.56 bits per heavy atom. The van der Waals surface area contributed by atoms with Gasteiger partial charge in [0, 0.05) is 6.54 Å². The van der Waals surface area contributed by atoms with Crippen LogP contribution in [0.4, 0.5) is 0 Å². The van der Waals surface area contributed by atoms with Gasteiger partial charge in [-0.1, -0.05) is 0 Å². The predicted molar refractivity (Wildman–Crippen MR) is 78.8 cm³/mol. The standard InChI is InChI=1S/C12H23N3O.2ClH/c16-12(11-5-3-6-13-11)14-7-4-10-15-8-1-2-9-15;;/h11,13H,1-10H2,(H,14,16);2*1H. The molecule has 1 atom stereocenters. The molecule has 0 aromatic heterocycles. The predicted octanol–water partition coefficient (Wildman–Crippen LogP) is 1.18. The minimum Gasteiger partial charge on any atom is -0.355 e. The van der Waals surface area contributed by atoms with Crippen molar-refractivity contribution in [1.82, 2.24) is 15.5 Å². The van der Waals surface area contributed by atoms with Crippen LogP contribution in [0.25, 0.3) is 0 Å². The van der Waals surface area contributed by atoms with Crippen molar-refractivity contribution < 1.29 is 4.79 Å². The van der Waals surface area contributed by atoms with Gasteiger partial charge in [-0.05, 0) is 58.3 Å². The normalized spacial score (nSPS) is 23.2. The van der Waals surface area contributed by atoms with Crippen LogP contribution >= 0.6 is 24.8 Å². The van der Waals surface area contributed by atoms with Crippen molar-refractivity contribution in [3.8, 4) is 0 Å². The van der Waals surface area contributed by atoms with E-state index in [1.54, 1.807) is 0 Å². The van der Waals surface area contributed by atoms with Crippen LogP contribution in [0.1, 0.15) is 32.1 Å². The summed E-state index contributed by atoms with van der Waals surface area (Å²) in [7, 11) is 0. The molecule has 0 aromatic carbocycles. The summed E-state index contributed by atoms with van der Waals surface area (Å²) < 4.78 is 0. The Hall–Kier alpha value is -0.0300. The highest BCUT2D eigenvalue weighted by molar-refractivity contribution is 5.85. The van der Waals surface area contributed by atoms with Crippen molar-refractivity contribution in [2.45, 2.75) is 38.1 Å². The van der Waals surface area contributed by atoms with Crippen LogP contribution in [0.15, 0.2) is 0 Å². The number of amides is 1. The Balaban J connectivity index is 0.00000144. The topological polar surface area (TPSA) is 44.4 Å². The molecular weight excluding hydrogens is 273 g/mol. The van der Waals surface area contributed by atoms with Crippen molar-refractivity contribution in [3.63, 3.8) is 0 Å². The highest BCUT2D eigenvalue weighted by Gasteiger charge is 2.21. The van der Waals surface area contributed by atoms with Gasteiger partial charge in [-0.25, -0.2) is 0 Å². The summed E-state index contributed by atoms with van der Waals surface area (Å²) in [5, 5.41) is 6.24. The maximum atomic E-state index is 11.7. The van der Waals surface area contributed by atoms with Gasteiger partial charge in [-0.15, -0.1) is 24.8 Å². The molecule has 0 aliphatic carbocycles. The average molecular weight is 298 g/mol. The fourth-order valence-electron chi connectivity index (χ4n) is 2.55. The van der Waals surface area contributed by atoms with E-state index in [0.29, 0.717) is 0 Å². The van der Waals surface area contributed by atoms with Crippen LogP contribution in [0.5, 0.6) is 0 Å². The molecule has 2 aliphatic rings. The average Bonchev–Trinajstić information content (AvgIpc) is 2.96. The largest absolute Gasteiger partial charge is 0.355 e. The second kappa shape index (κ2) is 9.84. The number of hydrogen-bond acceptors (Lipinski definition) is 3. The van der Waals surface area contributed by atoms with E-state index >= 15 is 0 Å². The number of carbonyl (C=O) groups excluding carboxylic acids is 1. The highest BCUT2D eigenvalue weighted by atomic mass is 35.5. The Bertz CT molecular complexity index is 229. The molecule has 0 spiro atoms. The lowest BCUT2D eigenvalue weighted by Gasteiger charge is -2.15. The van der Waals surface area contributed by atoms with Gasteiger partial charge in [-0.2, -0.15) is 0 Å². The zero-order valence-corrected chi connectivity index (χ0v) is 12.5. The van der Waals surface area contributed by atoms with Crippen molar-refractivity contribution in [2.75, 3.05) is 32.7 Å². The van der Waals surface area contributed by atoms with Crippen LogP contribution in [0, 0.1) is 0 Å². The molecule has 1 amide bonds. The van der Waals surface area contributed by atoms with Crippen LogP contribution in [-0.2, 0) is 4.79 Å². The first-order valence-corrected chi connectivity index (χ1v) is 6.60. The molecule has 2 aliphatic heterocycles. The van der Waals surface area contributed by atoms with E-state index in [2.05, 4.69) is 15.5 Å². The molecule has 108 valence electrons. The Morgan fingerprint density at radius 2 is 1.94 bits per heavy atom. The van der Waals surface area contributed by atoms with Crippen LogP contribution in [0.2, 0.25) is 0 Å². The zero-order valence-electron chi connectivity index (χ0n) is 10.8. The maximum absolute atomic E-state index is 11.7. The first-order valence-electron chi connectivity index (χ1n) is 6.60. The number of halogens is 2. The molecule has 0 bridgehead atoms. The molecule has 0 aromatic rings. The van der Waals surface area contributed by atoms with E-state index in [4.69, 9.17) is 0 Å². The summed E-state index contributed by atoms with van der Waals surface area (Å²) in [4.78, 5) is 14.1. The van der Waals surface area contributed by atoms with Gasteiger partial charge in [0.1, 0.15) is 0 Å². The summed E-state index contributed by atoms with van der Waals surface area (Å²) in [6.45, 7) is 5.45. The second-order valence-corrected chi connectivity index (χ2v) is 4.84. The van der Waals surface area contributed by atoms with Gasteiger partial charge in [-0.3, -0.25) is 4.79 Å². The van der Waals surface area contributed by atoms with E-state index in [-0.39, 0.29) is 36.8 Å². The van der Waals surface area contributed by atoms with E-state index in [0.717, 1.165) is 38.9 Å². The van der Waals surface area contributed by atoms with Gasteiger partial charge in [0.15, 0.2) is 0 Å². The lowest BCUT2D eigenvalue weighted by Crippen LogP contribution is -2.41. The first kappa shape index (κ1) is 18.0. The first-order chi connectivity index (χ1) is 7.86. The number of carbonyl (C=O) groups is 1. The number of rotatable bonds is 5.